The Kier molecular flexibility index (Phi) is 16.1. The first-order valence-electron chi connectivity index (χ1n) is 25.3. The molecule has 4 amide bonds. The van der Waals surface area contributed by atoms with Crippen molar-refractivity contribution in [1.29, 1.82) is 0 Å². The number of benzene rings is 2. The SMILES string of the molecule is CCCn1c(=O)n(C2CC2)c(=O)c2[nH]c(-c3ccc(N(CCOC)C(=O)Nc4cccc(F)c4)nc3)nc21.CCCn1c(=O)n(C2CC2)c(=O)c2[nH]c(-c3ccc(N(CCOC)C(=O)Nc4cccc(OC)c4)nc3)nc21. The molecule has 0 unspecified atom stereocenters. The van der Waals surface area contributed by atoms with E-state index in [1.165, 1.54) is 50.4 Å². The van der Waals surface area contributed by atoms with Gasteiger partial charge in [-0.1, -0.05) is 26.0 Å². The number of fused-ring (bicyclic) bond motifs is 2. The standard InChI is InChI=1S/C27H31N7O5.C26H28FN7O4/c1-4-12-33-24-22(25(35)34(27(33)37)19-9-10-19)30-23(31-24)17-8-11-21(28-16-17)32(13-14-38-2)26(36)29-18-6-5-7-20(15-18)39-3;1-3-11-33-23-21(24(35)34(26(33)37)19-8-9-19)30-22(31-23)16-7-10-20(28-15-16)32(12-13-38-2)25(36)29-18-6-4-5-17(27)14-18/h5-8,11,15-16,19H,4,9-10,12-14H2,1-3H3,(H,29,36)(H,30,31);4-7,10,14-15,19H,3,8-9,11-13H2,1-2H3,(H,29,36)(H,30,31). The van der Waals surface area contributed by atoms with Crippen LogP contribution < -0.4 is 47.7 Å². The Morgan fingerprint density at radius 2 is 1.10 bits per heavy atom. The number of amides is 4. The molecule has 402 valence electrons. The van der Waals surface area contributed by atoms with Crippen molar-refractivity contribution in [3.8, 4) is 28.5 Å². The van der Waals surface area contributed by atoms with Gasteiger partial charge in [0.05, 0.1) is 33.4 Å². The molecule has 24 heteroatoms. The minimum absolute atomic E-state index is 0.0496. The molecule has 2 saturated carbocycles. The number of aryl methyl sites for hydroxylation is 2. The summed E-state index contributed by atoms with van der Waals surface area (Å²) in [6.07, 6.45) is 7.82. The molecule has 2 aliphatic carbocycles. The number of H-pyrrole nitrogens is 2. The molecule has 0 aliphatic heterocycles. The maximum atomic E-state index is 13.6. The van der Waals surface area contributed by atoms with Crippen LogP contribution in [0.25, 0.3) is 45.1 Å². The second kappa shape index (κ2) is 23.4. The van der Waals surface area contributed by atoms with Crippen LogP contribution in [0, 0.1) is 5.82 Å². The quantitative estimate of drug-likeness (QED) is 0.0643. The number of imidazole rings is 2. The highest BCUT2D eigenvalue weighted by Crippen LogP contribution is 2.34. The average Bonchev–Trinajstić information content (AvgIpc) is 4.47. The number of carbonyl (C=O) groups is 2. The zero-order valence-corrected chi connectivity index (χ0v) is 43.2. The molecule has 6 heterocycles. The number of hydrogen-bond acceptors (Lipinski definition) is 13. The Morgan fingerprint density at radius 3 is 1.49 bits per heavy atom. The lowest BCUT2D eigenvalue weighted by Gasteiger charge is -2.22. The van der Waals surface area contributed by atoms with Crippen molar-refractivity contribution < 1.29 is 28.2 Å². The van der Waals surface area contributed by atoms with Gasteiger partial charge in [-0.2, -0.15) is 0 Å². The Morgan fingerprint density at radius 1 is 0.649 bits per heavy atom. The molecule has 6 aromatic heterocycles. The van der Waals surface area contributed by atoms with Gasteiger partial charge < -0.3 is 34.8 Å². The van der Waals surface area contributed by atoms with Crippen LogP contribution in [-0.2, 0) is 22.6 Å². The number of aromatic amines is 2. The zero-order chi connectivity index (χ0) is 54.3. The van der Waals surface area contributed by atoms with Gasteiger partial charge in [0.15, 0.2) is 11.3 Å². The Hall–Kier alpha value is -8.77. The predicted octanol–water partition coefficient (Wildman–Crippen LogP) is 6.90. The van der Waals surface area contributed by atoms with Gasteiger partial charge in [0.25, 0.3) is 11.1 Å². The molecule has 0 bridgehead atoms. The predicted molar refractivity (Wildman–Crippen MR) is 289 cm³/mol. The van der Waals surface area contributed by atoms with Crippen LogP contribution in [0.1, 0.15) is 64.5 Å². The summed E-state index contributed by atoms with van der Waals surface area (Å²) >= 11 is 0. The van der Waals surface area contributed by atoms with E-state index in [0.717, 1.165) is 32.1 Å². The molecule has 0 spiro atoms. The summed E-state index contributed by atoms with van der Waals surface area (Å²) in [6.45, 7) is 5.87. The van der Waals surface area contributed by atoms with Gasteiger partial charge in [-0.3, -0.25) is 37.7 Å². The van der Waals surface area contributed by atoms with Crippen LogP contribution >= 0.6 is 0 Å². The molecule has 77 heavy (non-hydrogen) atoms. The van der Waals surface area contributed by atoms with Crippen LogP contribution in [0.5, 0.6) is 5.75 Å². The molecular weight excluding hydrogens is 996 g/mol. The van der Waals surface area contributed by atoms with Crippen LogP contribution in [0.2, 0.25) is 0 Å². The molecule has 2 fully saturated rings. The van der Waals surface area contributed by atoms with Gasteiger partial charge >= 0.3 is 23.4 Å². The molecule has 0 saturated heterocycles. The van der Waals surface area contributed by atoms with Crippen molar-refractivity contribution in [3.05, 3.63) is 133 Å². The van der Waals surface area contributed by atoms with E-state index in [0.29, 0.717) is 94.5 Å². The summed E-state index contributed by atoms with van der Waals surface area (Å²) in [7, 11) is 4.65. The molecule has 4 N–H and O–H groups in total. The first kappa shape index (κ1) is 53.1. The highest BCUT2D eigenvalue weighted by Gasteiger charge is 2.32. The van der Waals surface area contributed by atoms with E-state index >= 15 is 0 Å². The summed E-state index contributed by atoms with van der Waals surface area (Å²) < 4.78 is 34.9. The van der Waals surface area contributed by atoms with Gasteiger partial charge in [0.1, 0.15) is 45.9 Å². The minimum atomic E-state index is -0.499. The number of halogens is 1. The molecule has 2 aliphatic rings. The van der Waals surface area contributed by atoms with Gasteiger partial charge in [-0.15, -0.1) is 0 Å². The summed E-state index contributed by atoms with van der Waals surface area (Å²) in [6, 6.07) is 18.5. The summed E-state index contributed by atoms with van der Waals surface area (Å²) in [4.78, 5) is 106. The highest BCUT2D eigenvalue weighted by atomic mass is 19.1. The lowest BCUT2D eigenvalue weighted by Crippen LogP contribution is -2.39. The topological polar surface area (TPSA) is 264 Å². The number of anilines is 4. The number of pyridine rings is 2. The molecule has 0 radical (unpaired) electrons. The van der Waals surface area contributed by atoms with E-state index in [4.69, 9.17) is 14.2 Å². The highest BCUT2D eigenvalue weighted by molar-refractivity contribution is 6.02. The molecule has 0 atom stereocenters. The molecular formula is C53H59FN14O9. The number of methoxy groups -OCH3 is 3. The van der Waals surface area contributed by atoms with Gasteiger partial charge in [-0.05, 0) is 93.1 Å². The van der Waals surface area contributed by atoms with E-state index < -0.39 is 11.8 Å². The Balaban J connectivity index is 0.000000188. The lowest BCUT2D eigenvalue weighted by atomic mass is 10.2. The van der Waals surface area contributed by atoms with Crippen molar-refractivity contribution in [3.63, 3.8) is 0 Å². The van der Waals surface area contributed by atoms with E-state index in [-0.39, 0.29) is 65.8 Å². The maximum absolute atomic E-state index is 13.6. The van der Waals surface area contributed by atoms with Crippen molar-refractivity contribution in [2.24, 2.45) is 0 Å². The lowest BCUT2D eigenvalue weighted by molar-refractivity contribution is 0.204. The number of ether oxygens (including phenoxy) is 3. The number of hydrogen-bond donors (Lipinski definition) is 4. The van der Waals surface area contributed by atoms with Gasteiger partial charge in [0, 0.05) is 80.4 Å². The summed E-state index contributed by atoms with van der Waals surface area (Å²) in [5.41, 5.74) is 1.93. The van der Waals surface area contributed by atoms with Crippen molar-refractivity contribution >= 4 is 57.4 Å². The van der Waals surface area contributed by atoms with E-state index in [1.807, 2.05) is 13.8 Å². The van der Waals surface area contributed by atoms with Crippen molar-refractivity contribution in [1.82, 2.24) is 48.2 Å². The van der Waals surface area contributed by atoms with E-state index in [2.05, 4.69) is 40.5 Å². The molecule has 23 nitrogen and oxygen atoms in total. The van der Waals surface area contributed by atoms with Gasteiger partial charge in [0.2, 0.25) is 0 Å². The summed E-state index contributed by atoms with van der Waals surface area (Å²) in [5, 5.41) is 5.53. The normalized spacial score (nSPS) is 13.1. The molecule has 10 rings (SSSR count). The third-order valence-corrected chi connectivity index (χ3v) is 12.9. The second-order valence-electron chi connectivity index (χ2n) is 18.5. The van der Waals surface area contributed by atoms with Crippen LogP contribution in [0.3, 0.4) is 0 Å². The number of nitrogens with one attached hydrogen (secondary N) is 4. The number of nitrogens with zero attached hydrogens (tertiary/aromatic N) is 10. The number of carbonyl (C=O) groups excluding carboxylic acids is 2. The fourth-order valence-electron chi connectivity index (χ4n) is 8.73. The maximum Gasteiger partial charge on any atom is 0.333 e. The smallest absolute Gasteiger partial charge is 0.333 e. The Labute approximate surface area is 439 Å². The zero-order valence-electron chi connectivity index (χ0n) is 43.2. The minimum Gasteiger partial charge on any atom is -0.497 e. The van der Waals surface area contributed by atoms with Crippen molar-refractivity contribution in [2.75, 3.05) is 68.1 Å². The first-order valence-corrected chi connectivity index (χ1v) is 25.3. The fraction of sp³-hybridized carbons (Fsp3) is 0.358. The molecule has 2 aromatic carbocycles. The van der Waals surface area contributed by atoms with Crippen LogP contribution in [0.4, 0.5) is 37.0 Å². The second-order valence-corrected chi connectivity index (χ2v) is 18.5. The first-order chi connectivity index (χ1) is 37.3. The third kappa shape index (κ3) is 11.6. The monoisotopic (exact) mass is 1050 g/mol. The summed E-state index contributed by atoms with van der Waals surface area (Å²) in [5.74, 6) is 1.72. The number of aromatic nitrogens is 10. The number of rotatable bonds is 19. The third-order valence-electron chi connectivity index (χ3n) is 12.9. The van der Waals surface area contributed by atoms with Crippen LogP contribution in [0.15, 0.2) is 104 Å². The van der Waals surface area contributed by atoms with Crippen LogP contribution in [-0.4, -0.2) is 108 Å². The largest absolute Gasteiger partial charge is 0.497 e. The van der Waals surface area contributed by atoms with E-state index in [1.54, 1.807) is 84.1 Å². The van der Waals surface area contributed by atoms with E-state index in [9.17, 15) is 33.2 Å². The molecule has 8 aromatic rings. The fourth-order valence-corrected chi connectivity index (χ4v) is 8.73. The number of urea groups is 2. The Bertz CT molecular complexity index is 3670. The van der Waals surface area contributed by atoms with Crippen molar-refractivity contribution in [2.45, 2.75) is 77.5 Å². The van der Waals surface area contributed by atoms with Gasteiger partial charge in [-0.25, -0.2) is 43.5 Å². The average molecular weight is 1060 g/mol.